The summed E-state index contributed by atoms with van der Waals surface area (Å²) in [5, 5.41) is 14.5. The summed E-state index contributed by atoms with van der Waals surface area (Å²) in [4.78, 5) is 24.9. The van der Waals surface area contributed by atoms with E-state index >= 15 is 0 Å². The molecule has 3 aromatic rings. The van der Waals surface area contributed by atoms with Crippen molar-refractivity contribution < 1.29 is 9.90 Å². The Morgan fingerprint density at radius 2 is 1.92 bits per heavy atom. The van der Waals surface area contributed by atoms with Gasteiger partial charge >= 0.3 is 5.97 Å². The number of halogens is 1. The summed E-state index contributed by atoms with van der Waals surface area (Å²) in [5.74, 6) is -0.187. The van der Waals surface area contributed by atoms with Crippen molar-refractivity contribution in [3.63, 3.8) is 0 Å². The third-order valence-corrected chi connectivity index (χ3v) is 5.52. The number of rotatable bonds is 2. The van der Waals surface area contributed by atoms with Crippen molar-refractivity contribution in [2.45, 2.75) is 11.3 Å². The average molecular weight is 385 g/mol. The average Bonchev–Trinajstić information content (AvgIpc) is 2.80. The van der Waals surface area contributed by atoms with Crippen molar-refractivity contribution in [1.29, 1.82) is 0 Å². The Morgan fingerprint density at radius 1 is 1.15 bits per heavy atom. The minimum Gasteiger partial charge on any atom is -0.478 e. The molecule has 5 nitrogen and oxygen atoms in total. The number of carboxylic acids is 1. The van der Waals surface area contributed by atoms with Gasteiger partial charge in [-0.3, -0.25) is 4.79 Å². The summed E-state index contributed by atoms with van der Waals surface area (Å²) < 4.78 is 1.32. The van der Waals surface area contributed by atoms with Crippen LogP contribution in [0.25, 0.3) is 16.9 Å². The van der Waals surface area contributed by atoms with Gasteiger partial charge in [-0.15, -0.1) is 11.8 Å². The van der Waals surface area contributed by atoms with Gasteiger partial charge in [0.05, 0.1) is 16.9 Å². The molecule has 7 heteroatoms. The summed E-state index contributed by atoms with van der Waals surface area (Å²) >= 11 is 7.56. The lowest BCUT2D eigenvalue weighted by Gasteiger charge is -2.12. The molecule has 0 radical (unpaired) electrons. The smallest absolute Gasteiger partial charge is 0.335 e. The molecule has 2 heterocycles. The summed E-state index contributed by atoms with van der Waals surface area (Å²) in [6.07, 6.45) is 0.695. The van der Waals surface area contributed by atoms with Gasteiger partial charge in [0.2, 0.25) is 0 Å². The maximum Gasteiger partial charge on any atom is 0.335 e. The molecule has 0 unspecified atom stereocenters. The number of benzene rings is 2. The molecule has 0 spiro atoms. The summed E-state index contributed by atoms with van der Waals surface area (Å²) in [7, 11) is 0. The fraction of sp³-hybridized carbons (Fsp3) is 0.105. The van der Waals surface area contributed by atoms with E-state index in [1.54, 1.807) is 60.3 Å². The van der Waals surface area contributed by atoms with Crippen molar-refractivity contribution >= 4 is 29.3 Å². The lowest BCUT2D eigenvalue weighted by molar-refractivity contribution is 0.0697. The zero-order valence-electron chi connectivity index (χ0n) is 13.5. The number of thioether (sulfide) groups is 1. The van der Waals surface area contributed by atoms with E-state index in [4.69, 9.17) is 11.6 Å². The number of hydrogen-bond acceptors (Lipinski definition) is 4. The van der Waals surface area contributed by atoms with Gasteiger partial charge in [0.15, 0.2) is 0 Å². The van der Waals surface area contributed by atoms with Crippen LogP contribution in [0.15, 0.2) is 58.2 Å². The number of nitrogens with zero attached hydrogens (tertiary/aromatic N) is 2. The number of aryl methyl sites for hydroxylation is 1. The molecule has 26 heavy (non-hydrogen) atoms. The molecular formula is C19H13ClN2O3S. The van der Waals surface area contributed by atoms with E-state index in [1.165, 1.54) is 4.68 Å². The molecule has 4 rings (SSSR count). The standard InChI is InChI=1S/C19H13ClN2O3S/c20-13-2-4-14(5-3-13)22-17(23)10-11-7-8-26-16-6-1-12(19(24)25)9-15(16)18(11)21-22/h1-6,9-10H,7-8H2,(H,24,25). The molecule has 2 aromatic carbocycles. The molecule has 0 bridgehead atoms. The van der Waals surface area contributed by atoms with E-state index < -0.39 is 5.97 Å². The molecule has 0 saturated carbocycles. The van der Waals surface area contributed by atoms with E-state index in [1.807, 2.05) is 0 Å². The SMILES string of the molecule is O=C(O)c1ccc2c(c1)-c1nn(-c3ccc(Cl)cc3)c(=O)cc1CCS2. The quantitative estimate of drug-likeness (QED) is 0.725. The maximum absolute atomic E-state index is 12.5. The topological polar surface area (TPSA) is 72.2 Å². The van der Waals surface area contributed by atoms with Gasteiger partial charge in [0.1, 0.15) is 0 Å². The highest BCUT2D eigenvalue weighted by Crippen LogP contribution is 2.36. The van der Waals surface area contributed by atoms with Crippen LogP contribution in [-0.4, -0.2) is 26.6 Å². The molecule has 1 aliphatic rings. The van der Waals surface area contributed by atoms with Crippen molar-refractivity contribution in [2.75, 3.05) is 5.75 Å². The normalized spacial score (nSPS) is 12.8. The summed E-state index contributed by atoms with van der Waals surface area (Å²) in [6, 6.07) is 13.4. The van der Waals surface area contributed by atoms with Gasteiger partial charge in [0, 0.05) is 27.3 Å². The van der Waals surface area contributed by atoms with Crippen LogP contribution in [-0.2, 0) is 6.42 Å². The predicted molar refractivity (Wildman–Crippen MR) is 102 cm³/mol. The van der Waals surface area contributed by atoms with Crippen LogP contribution >= 0.6 is 23.4 Å². The number of carboxylic acid groups (broad SMARTS) is 1. The van der Waals surface area contributed by atoms with Crippen LogP contribution in [0.4, 0.5) is 0 Å². The fourth-order valence-electron chi connectivity index (χ4n) is 2.92. The first-order valence-electron chi connectivity index (χ1n) is 7.92. The molecule has 0 amide bonds. The van der Waals surface area contributed by atoms with E-state index in [2.05, 4.69) is 5.10 Å². The Bertz CT molecular complexity index is 1080. The molecule has 0 fully saturated rings. The molecule has 0 saturated heterocycles. The third-order valence-electron chi connectivity index (χ3n) is 4.19. The number of aromatic nitrogens is 2. The number of aromatic carboxylic acids is 1. The lowest BCUT2D eigenvalue weighted by atomic mass is 10.0. The third kappa shape index (κ3) is 3.02. The van der Waals surface area contributed by atoms with Gasteiger partial charge in [-0.2, -0.15) is 9.78 Å². The molecule has 1 N–H and O–H groups in total. The lowest BCUT2D eigenvalue weighted by Crippen LogP contribution is -2.22. The van der Waals surface area contributed by atoms with Gasteiger partial charge in [-0.25, -0.2) is 4.79 Å². The molecule has 0 atom stereocenters. The Labute approximate surface area is 158 Å². The fourth-order valence-corrected chi connectivity index (χ4v) is 4.06. The van der Waals surface area contributed by atoms with E-state index in [9.17, 15) is 14.7 Å². The maximum atomic E-state index is 12.5. The second-order valence-electron chi connectivity index (χ2n) is 5.86. The summed E-state index contributed by atoms with van der Waals surface area (Å²) in [5.41, 5.74) is 2.79. The monoisotopic (exact) mass is 384 g/mol. The van der Waals surface area contributed by atoms with E-state index in [0.717, 1.165) is 21.8 Å². The number of carbonyl (C=O) groups is 1. The summed E-state index contributed by atoms with van der Waals surface area (Å²) in [6.45, 7) is 0. The van der Waals surface area contributed by atoms with Gasteiger partial charge in [-0.05, 0) is 54.4 Å². The first-order chi connectivity index (χ1) is 12.5. The Balaban J connectivity index is 1.95. The van der Waals surface area contributed by atoms with E-state index in [0.29, 0.717) is 22.8 Å². The van der Waals surface area contributed by atoms with Crippen molar-refractivity contribution in [1.82, 2.24) is 9.78 Å². The van der Waals surface area contributed by atoms with Crippen molar-refractivity contribution in [3.8, 4) is 16.9 Å². The van der Waals surface area contributed by atoms with Crippen molar-refractivity contribution in [2.24, 2.45) is 0 Å². The first-order valence-corrected chi connectivity index (χ1v) is 9.29. The van der Waals surface area contributed by atoms with Gasteiger partial charge < -0.3 is 5.11 Å². The minimum absolute atomic E-state index is 0.197. The molecule has 130 valence electrons. The molecular weight excluding hydrogens is 372 g/mol. The van der Waals surface area contributed by atoms with Crippen molar-refractivity contribution in [3.05, 3.63) is 75.0 Å². The first kappa shape index (κ1) is 16.9. The van der Waals surface area contributed by atoms with E-state index in [-0.39, 0.29) is 11.1 Å². The van der Waals surface area contributed by atoms with Crippen LogP contribution in [0, 0.1) is 0 Å². The zero-order valence-corrected chi connectivity index (χ0v) is 15.0. The predicted octanol–water partition coefficient (Wildman–Crippen LogP) is 3.90. The van der Waals surface area contributed by atoms with Gasteiger partial charge in [-0.1, -0.05) is 11.6 Å². The molecule has 0 aliphatic carbocycles. The number of fused-ring (bicyclic) bond motifs is 3. The zero-order chi connectivity index (χ0) is 18.3. The largest absolute Gasteiger partial charge is 0.478 e. The van der Waals surface area contributed by atoms with Crippen LogP contribution in [0.3, 0.4) is 0 Å². The van der Waals surface area contributed by atoms with Crippen LogP contribution < -0.4 is 5.56 Å². The Morgan fingerprint density at radius 3 is 2.65 bits per heavy atom. The Kier molecular flexibility index (Phi) is 4.30. The highest BCUT2D eigenvalue weighted by atomic mass is 35.5. The highest BCUT2D eigenvalue weighted by molar-refractivity contribution is 7.99. The van der Waals surface area contributed by atoms with Crippen LogP contribution in [0.2, 0.25) is 5.02 Å². The molecule has 1 aliphatic heterocycles. The molecule has 1 aromatic heterocycles. The second kappa shape index (κ2) is 6.63. The number of hydrogen-bond donors (Lipinski definition) is 1. The van der Waals surface area contributed by atoms with Gasteiger partial charge in [0.25, 0.3) is 5.56 Å². The minimum atomic E-state index is -0.991. The Hall–Kier alpha value is -2.57. The second-order valence-corrected chi connectivity index (χ2v) is 7.43. The highest BCUT2D eigenvalue weighted by Gasteiger charge is 2.20. The van der Waals surface area contributed by atoms with Crippen LogP contribution in [0.5, 0.6) is 0 Å². The van der Waals surface area contributed by atoms with Crippen LogP contribution in [0.1, 0.15) is 15.9 Å².